The Balaban J connectivity index is 1.66. The molecule has 1 saturated heterocycles. The van der Waals surface area contributed by atoms with Gasteiger partial charge in [-0.25, -0.2) is 0 Å². The van der Waals surface area contributed by atoms with Crippen molar-refractivity contribution in [2.75, 3.05) is 13.1 Å². The van der Waals surface area contributed by atoms with Crippen molar-refractivity contribution in [3.05, 3.63) is 87.5 Å². The Labute approximate surface area is 163 Å². The lowest BCUT2D eigenvalue weighted by Gasteiger charge is -2.30. The van der Waals surface area contributed by atoms with Crippen LogP contribution in [0.2, 0.25) is 0 Å². The molecule has 4 rings (SSSR count). The summed E-state index contributed by atoms with van der Waals surface area (Å²) >= 11 is 3.44. The average Bonchev–Trinajstić information content (AvgIpc) is 3.05. The molecule has 2 nitrogen and oxygen atoms in total. The number of carbonyl (C=O) groups excluding carboxylic acids is 1. The summed E-state index contributed by atoms with van der Waals surface area (Å²) in [5, 5.41) is 0. The molecule has 0 amide bonds. The van der Waals surface area contributed by atoms with E-state index in [-0.39, 0.29) is 5.78 Å². The van der Waals surface area contributed by atoms with Crippen molar-refractivity contribution in [1.82, 2.24) is 4.90 Å². The first-order valence-corrected chi connectivity index (χ1v) is 10.1. The summed E-state index contributed by atoms with van der Waals surface area (Å²) in [6, 6.07) is 16.1. The van der Waals surface area contributed by atoms with Crippen LogP contribution in [-0.2, 0) is 6.42 Å². The highest BCUT2D eigenvalue weighted by Crippen LogP contribution is 2.36. The van der Waals surface area contributed by atoms with Gasteiger partial charge in [-0.3, -0.25) is 4.79 Å². The smallest absolute Gasteiger partial charge is 0.185 e. The second-order valence-electron chi connectivity index (χ2n) is 6.95. The van der Waals surface area contributed by atoms with Gasteiger partial charge in [0.1, 0.15) is 0 Å². The van der Waals surface area contributed by atoms with E-state index in [1.807, 2.05) is 30.3 Å². The number of rotatable bonds is 4. The third kappa shape index (κ3) is 3.54. The first kappa shape index (κ1) is 17.3. The highest BCUT2D eigenvalue weighted by atomic mass is 79.9. The Morgan fingerprint density at radius 1 is 1.00 bits per heavy atom. The monoisotopic (exact) mass is 407 g/mol. The van der Waals surface area contributed by atoms with Gasteiger partial charge < -0.3 is 4.90 Å². The van der Waals surface area contributed by atoms with Crippen molar-refractivity contribution < 1.29 is 4.79 Å². The van der Waals surface area contributed by atoms with E-state index in [1.54, 1.807) is 6.08 Å². The molecule has 2 aromatic carbocycles. The number of likely N-dealkylation sites (tertiary alicyclic amines) is 1. The lowest BCUT2D eigenvalue weighted by Crippen LogP contribution is -2.29. The topological polar surface area (TPSA) is 20.3 Å². The number of benzene rings is 2. The first-order valence-electron chi connectivity index (χ1n) is 9.27. The van der Waals surface area contributed by atoms with Gasteiger partial charge in [0.05, 0.1) is 0 Å². The Bertz CT molecular complexity index is 891. The number of hydrogen-bond acceptors (Lipinski definition) is 2. The van der Waals surface area contributed by atoms with Crippen LogP contribution in [0.1, 0.15) is 40.7 Å². The van der Waals surface area contributed by atoms with E-state index in [0.717, 1.165) is 24.0 Å². The van der Waals surface area contributed by atoms with Crippen LogP contribution in [0.25, 0.3) is 5.57 Å². The van der Waals surface area contributed by atoms with Gasteiger partial charge >= 0.3 is 0 Å². The molecule has 0 N–H and O–H groups in total. The summed E-state index contributed by atoms with van der Waals surface area (Å²) in [4.78, 5) is 15.1. The zero-order valence-corrected chi connectivity index (χ0v) is 16.3. The number of ketones is 1. The van der Waals surface area contributed by atoms with Crippen LogP contribution in [-0.4, -0.2) is 23.8 Å². The van der Waals surface area contributed by atoms with Gasteiger partial charge in [0.2, 0.25) is 0 Å². The number of nitrogens with zero attached hydrogens (tertiary/aromatic N) is 1. The molecule has 0 unspecified atom stereocenters. The molecule has 132 valence electrons. The lowest BCUT2D eigenvalue weighted by molar-refractivity contribution is 0.104. The van der Waals surface area contributed by atoms with Gasteiger partial charge in [-0.15, -0.1) is 0 Å². The van der Waals surface area contributed by atoms with E-state index in [0.29, 0.717) is 5.56 Å². The van der Waals surface area contributed by atoms with E-state index in [2.05, 4.69) is 45.1 Å². The summed E-state index contributed by atoms with van der Waals surface area (Å²) in [7, 11) is 0. The average molecular weight is 408 g/mol. The van der Waals surface area contributed by atoms with Gasteiger partial charge in [-0.05, 0) is 54.7 Å². The van der Waals surface area contributed by atoms with Crippen molar-refractivity contribution in [3.63, 3.8) is 0 Å². The minimum Gasteiger partial charge on any atom is -0.374 e. The van der Waals surface area contributed by atoms with E-state index >= 15 is 0 Å². The molecule has 3 heteroatoms. The van der Waals surface area contributed by atoms with Gasteiger partial charge in [0.15, 0.2) is 5.78 Å². The fraction of sp³-hybridized carbons (Fsp3) is 0.261. The molecule has 0 atom stereocenters. The number of fused-ring (bicyclic) bond motifs is 1. The standard InChI is InChI=1S/C23H22BrNO/c24-19-9-6-8-18(15-19)23(26)12-11-21-20-10-3-2-7-17(20)16-22(21)25-13-4-1-5-14-25/h2-3,6-12,15H,1,4-5,13-14,16H2. The van der Waals surface area contributed by atoms with Crippen LogP contribution in [0, 0.1) is 0 Å². The number of allylic oxidation sites excluding steroid dienone is 4. The summed E-state index contributed by atoms with van der Waals surface area (Å²) in [6.45, 7) is 2.25. The molecule has 1 aliphatic heterocycles. The molecule has 0 spiro atoms. The van der Waals surface area contributed by atoms with Crippen LogP contribution < -0.4 is 0 Å². The molecule has 1 fully saturated rings. The largest absolute Gasteiger partial charge is 0.374 e. The highest BCUT2D eigenvalue weighted by molar-refractivity contribution is 9.10. The summed E-state index contributed by atoms with van der Waals surface area (Å²) in [6.07, 6.45) is 8.56. The normalized spacial score (nSPS) is 17.0. The number of halogens is 1. The molecule has 0 bridgehead atoms. The Hall–Kier alpha value is -2.13. The van der Waals surface area contributed by atoms with Crippen LogP contribution in [0.4, 0.5) is 0 Å². The lowest BCUT2D eigenvalue weighted by atomic mass is 10.0. The molecular formula is C23H22BrNO. The fourth-order valence-electron chi connectivity index (χ4n) is 3.90. The van der Waals surface area contributed by atoms with Crippen LogP contribution >= 0.6 is 15.9 Å². The first-order chi connectivity index (χ1) is 12.7. The molecule has 2 aliphatic rings. The van der Waals surface area contributed by atoms with Gasteiger partial charge in [-0.1, -0.05) is 52.3 Å². The minimum atomic E-state index is 0.0428. The Morgan fingerprint density at radius 2 is 1.81 bits per heavy atom. The fourth-order valence-corrected chi connectivity index (χ4v) is 4.30. The van der Waals surface area contributed by atoms with Crippen molar-refractivity contribution in [2.24, 2.45) is 0 Å². The third-order valence-corrected chi connectivity index (χ3v) is 5.72. The maximum absolute atomic E-state index is 12.6. The number of hydrogen-bond donors (Lipinski definition) is 0. The number of carbonyl (C=O) groups is 1. The molecule has 2 aromatic rings. The summed E-state index contributed by atoms with van der Waals surface area (Å²) in [5.74, 6) is 0.0428. The molecule has 0 saturated carbocycles. The van der Waals surface area contributed by atoms with Gasteiger partial charge in [-0.2, -0.15) is 0 Å². The molecule has 0 aromatic heterocycles. The molecule has 26 heavy (non-hydrogen) atoms. The maximum Gasteiger partial charge on any atom is 0.185 e. The van der Waals surface area contributed by atoms with Crippen molar-refractivity contribution in [1.29, 1.82) is 0 Å². The quantitative estimate of drug-likeness (QED) is 0.482. The van der Waals surface area contributed by atoms with Crippen LogP contribution in [0.3, 0.4) is 0 Å². The molecule has 1 aliphatic carbocycles. The minimum absolute atomic E-state index is 0.0428. The second kappa shape index (κ2) is 7.63. The van der Waals surface area contributed by atoms with Gasteiger partial charge in [0.25, 0.3) is 0 Å². The van der Waals surface area contributed by atoms with Crippen LogP contribution in [0.5, 0.6) is 0 Å². The maximum atomic E-state index is 12.6. The SMILES string of the molecule is O=C(C=CC1=C(N2CCCCC2)Cc2ccccc21)c1cccc(Br)c1. The molecule has 0 radical (unpaired) electrons. The van der Waals surface area contributed by atoms with E-state index in [1.165, 1.54) is 41.7 Å². The zero-order chi connectivity index (χ0) is 17.9. The van der Waals surface area contributed by atoms with Crippen molar-refractivity contribution >= 4 is 27.3 Å². The second-order valence-corrected chi connectivity index (χ2v) is 7.87. The molecule has 1 heterocycles. The Morgan fingerprint density at radius 3 is 2.62 bits per heavy atom. The van der Waals surface area contributed by atoms with Crippen molar-refractivity contribution in [2.45, 2.75) is 25.7 Å². The zero-order valence-electron chi connectivity index (χ0n) is 14.7. The van der Waals surface area contributed by atoms with E-state index in [4.69, 9.17) is 0 Å². The van der Waals surface area contributed by atoms with E-state index in [9.17, 15) is 4.79 Å². The predicted molar refractivity (Wildman–Crippen MR) is 110 cm³/mol. The third-order valence-electron chi connectivity index (χ3n) is 5.22. The van der Waals surface area contributed by atoms with Crippen molar-refractivity contribution in [3.8, 4) is 0 Å². The van der Waals surface area contributed by atoms with Gasteiger partial charge in [0, 0.05) is 40.8 Å². The Kier molecular flexibility index (Phi) is 5.07. The molecular weight excluding hydrogens is 386 g/mol. The number of piperidine rings is 1. The highest BCUT2D eigenvalue weighted by Gasteiger charge is 2.24. The summed E-state index contributed by atoms with van der Waals surface area (Å²) < 4.78 is 0.927. The van der Waals surface area contributed by atoms with E-state index < -0.39 is 0 Å². The summed E-state index contributed by atoms with van der Waals surface area (Å²) in [5.41, 5.74) is 5.94. The predicted octanol–water partition coefficient (Wildman–Crippen LogP) is 5.64. The van der Waals surface area contributed by atoms with Crippen LogP contribution in [0.15, 0.2) is 70.9 Å².